The van der Waals surface area contributed by atoms with Crippen LogP contribution in [-0.4, -0.2) is 35.7 Å². The summed E-state index contributed by atoms with van der Waals surface area (Å²) in [5.41, 5.74) is 7.04. The summed E-state index contributed by atoms with van der Waals surface area (Å²) in [6.07, 6.45) is 0.954. The molecule has 0 aromatic heterocycles. The zero-order valence-corrected chi connectivity index (χ0v) is 10.6. The Labute approximate surface area is 103 Å². The van der Waals surface area contributed by atoms with Gasteiger partial charge in [-0.25, -0.2) is 0 Å². The quantitative estimate of drug-likeness (QED) is 0.831. The molecule has 1 aliphatic rings. The Morgan fingerprint density at radius 1 is 1.41 bits per heavy atom. The number of nitrogens with two attached hydrogens (primary N) is 1. The zero-order valence-electron chi connectivity index (χ0n) is 10.6. The van der Waals surface area contributed by atoms with Gasteiger partial charge in [0.15, 0.2) is 0 Å². The first-order valence-corrected chi connectivity index (χ1v) is 6.21. The molecule has 94 valence electrons. The molecule has 1 aromatic rings. The molecule has 3 atom stereocenters. The molecule has 1 fully saturated rings. The van der Waals surface area contributed by atoms with Crippen LogP contribution < -0.4 is 5.73 Å². The van der Waals surface area contributed by atoms with Crippen molar-refractivity contribution in [2.75, 3.05) is 20.2 Å². The average Bonchev–Trinajstić information content (AvgIpc) is 2.63. The zero-order chi connectivity index (χ0) is 12.5. The van der Waals surface area contributed by atoms with Gasteiger partial charge in [0.25, 0.3) is 0 Å². The maximum atomic E-state index is 9.59. The lowest BCUT2D eigenvalue weighted by Crippen LogP contribution is -2.42. The number of likely N-dealkylation sites (N-methyl/N-ethyl adjacent to an activating group) is 1. The summed E-state index contributed by atoms with van der Waals surface area (Å²) in [5, 5.41) is 9.59. The minimum Gasteiger partial charge on any atom is -0.394 e. The van der Waals surface area contributed by atoms with E-state index in [2.05, 4.69) is 43.1 Å². The Balaban J connectivity index is 2.32. The molecule has 1 aromatic carbocycles. The van der Waals surface area contributed by atoms with Gasteiger partial charge in [-0.1, -0.05) is 30.3 Å². The predicted molar refractivity (Wildman–Crippen MR) is 69.6 cm³/mol. The lowest BCUT2D eigenvalue weighted by Gasteiger charge is -2.34. The fourth-order valence-corrected chi connectivity index (χ4v) is 3.01. The summed E-state index contributed by atoms with van der Waals surface area (Å²) in [7, 11) is 2.09. The Kier molecular flexibility index (Phi) is 3.52. The SMILES string of the molecule is CN1[C@@H](c2ccccc2)[C@@H](CN)C[C@]1(C)CO. The van der Waals surface area contributed by atoms with E-state index in [-0.39, 0.29) is 12.1 Å². The first-order valence-electron chi connectivity index (χ1n) is 6.21. The Morgan fingerprint density at radius 3 is 2.59 bits per heavy atom. The van der Waals surface area contributed by atoms with Crippen molar-refractivity contribution in [2.24, 2.45) is 11.7 Å². The highest BCUT2D eigenvalue weighted by Crippen LogP contribution is 2.44. The highest BCUT2D eigenvalue weighted by atomic mass is 16.3. The maximum absolute atomic E-state index is 9.59. The molecule has 0 radical (unpaired) electrons. The number of nitrogens with zero attached hydrogens (tertiary/aromatic N) is 1. The molecule has 1 heterocycles. The number of aliphatic hydroxyl groups excluding tert-OH is 1. The van der Waals surface area contributed by atoms with Crippen molar-refractivity contribution in [3.63, 3.8) is 0 Å². The van der Waals surface area contributed by atoms with Gasteiger partial charge in [-0.3, -0.25) is 4.90 Å². The molecular formula is C14H22N2O. The highest BCUT2D eigenvalue weighted by molar-refractivity contribution is 5.23. The van der Waals surface area contributed by atoms with Crippen LogP contribution in [0.5, 0.6) is 0 Å². The lowest BCUT2D eigenvalue weighted by atomic mass is 9.90. The van der Waals surface area contributed by atoms with Crippen molar-refractivity contribution in [1.29, 1.82) is 0 Å². The molecule has 1 aliphatic heterocycles. The maximum Gasteiger partial charge on any atom is 0.0613 e. The molecule has 0 amide bonds. The normalized spacial score (nSPS) is 34.1. The fourth-order valence-electron chi connectivity index (χ4n) is 3.01. The molecule has 3 nitrogen and oxygen atoms in total. The van der Waals surface area contributed by atoms with Gasteiger partial charge in [-0.05, 0) is 38.4 Å². The van der Waals surface area contributed by atoms with E-state index in [0.29, 0.717) is 18.5 Å². The van der Waals surface area contributed by atoms with Gasteiger partial charge in [0, 0.05) is 11.6 Å². The summed E-state index contributed by atoms with van der Waals surface area (Å²) in [5.74, 6) is 0.416. The first kappa shape index (κ1) is 12.6. The van der Waals surface area contributed by atoms with E-state index in [0.717, 1.165) is 6.42 Å². The van der Waals surface area contributed by atoms with Gasteiger partial charge < -0.3 is 10.8 Å². The minimum atomic E-state index is -0.148. The van der Waals surface area contributed by atoms with Crippen molar-refractivity contribution < 1.29 is 5.11 Å². The molecule has 1 saturated heterocycles. The summed E-state index contributed by atoms with van der Waals surface area (Å²) >= 11 is 0. The van der Waals surface area contributed by atoms with Crippen LogP contribution in [0.1, 0.15) is 24.9 Å². The molecular weight excluding hydrogens is 212 g/mol. The molecule has 3 N–H and O–H groups in total. The molecule has 3 heteroatoms. The summed E-state index contributed by atoms with van der Waals surface area (Å²) in [6.45, 7) is 2.96. The van der Waals surface area contributed by atoms with Crippen molar-refractivity contribution in [1.82, 2.24) is 4.90 Å². The second kappa shape index (κ2) is 4.77. The molecule has 0 spiro atoms. The molecule has 2 rings (SSSR count). The van der Waals surface area contributed by atoms with Crippen LogP contribution >= 0.6 is 0 Å². The third kappa shape index (κ3) is 2.10. The number of rotatable bonds is 3. The lowest BCUT2D eigenvalue weighted by molar-refractivity contribution is 0.0769. The van der Waals surface area contributed by atoms with Gasteiger partial charge in [0.2, 0.25) is 0 Å². The smallest absolute Gasteiger partial charge is 0.0613 e. The topological polar surface area (TPSA) is 49.5 Å². The van der Waals surface area contributed by atoms with E-state index in [1.807, 2.05) is 6.07 Å². The van der Waals surface area contributed by atoms with Gasteiger partial charge in [-0.2, -0.15) is 0 Å². The van der Waals surface area contributed by atoms with E-state index in [1.54, 1.807) is 0 Å². The molecule has 0 aliphatic carbocycles. The second-order valence-corrected chi connectivity index (χ2v) is 5.32. The van der Waals surface area contributed by atoms with E-state index in [4.69, 9.17) is 5.73 Å². The highest BCUT2D eigenvalue weighted by Gasteiger charge is 2.46. The number of hydrogen-bond donors (Lipinski definition) is 2. The number of aliphatic hydroxyl groups is 1. The number of likely N-dealkylation sites (tertiary alicyclic amines) is 1. The molecule has 0 saturated carbocycles. The van der Waals surface area contributed by atoms with Gasteiger partial charge in [0.05, 0.1) is 6.61 Å². The number of benzene rings is 1. The monoisotopic (exact) mass is 234 g/mol. The van der Waals surface area contributed by atoms with Crippen LogP contribution in [0.4, 0.5) is 0 Å². The summed E-state index contributed by atoms with van der Waals surface area (Å²) < 4.78 is 0. The fraction of sp³-hybridized carbons (Fsp3) is 0.571. The van der Waals surface area contributed by atoms with E-state index in [9.17, 15) is 5.11 Å². The van der Waals surface area contributed by atoms with Gasteiger partial charge in [-0.15, -0.1) is 0 Å². The van der Waals surface area contributed by atoms with E-state index < -0.39 is 0 Å². The summed E-state index contributed by atoms with van der Waals surface area (Å²) in [6, 6.07) is 10.8. The standard InChI is InChI=1S/C14H22N2O/c1-14(10-17)8-12(9-15)13(16(14)2)11-6-4-3-5-7-11/h3-7,12-13,17H,8-10,15H2,1-2H3/t12-,13+,14-/m1/s1. The molecule has 17 heavy (non-hydrogen) atoms. The van der Waals surface area contributed by atoms with Crippen molar-refractivity contribution in [3.05, 3.63) is 35.9 Å². The van der Waals surface area contributed by atoms with Crippen LogP contribution in [0.15, 0.2) is 30.3 Å². The first-order chi connectivity index (χ1) is 8.12. The van der Waals surface area contributed by atoms with Crippen LogP contribution in [0.2, 0.25) is 0 Å². The third-order valence-electron chi connectivity index (χ3n) is 4.20. The Morgan fingerprint density at radius 2 is 2.06 bits per heavy atom. The van der Waals surface area contributed by atoms with Crippen LogP contribution in [-0.2, 0) is 0 Å². The van der Waals surface area contributed by atoms with Crippen LogP contribution in [0, 0.1) is 5.92 Å². The number of hydrogen-bond acceptors (Lipinski definition) is 3. The third-order valence-corrected chi connectivity index (χ3v) is 4.20. The Bertz CT molecular complexity index is 368. The van der Waals surface area contributed by atoms with Crippen LogP contribution in [0.25, 0.3) is 0 Å². The predicted octanol–water partition coefficient (Wildman–Crippen LogP) is 1.39. The van der Waals surface area contributed by atoms with E-state index in [1.165, 1.54) is 5.56 Å². The van der Waals surface area contributed by atoms with E-state index >= 15 is 0 Å². The average molecular weight is 234 g/mol. The van der Waals surface area contributed by atoms with Crippen molar-refractivity contribution in [2.45, 2.75) is 24.9 Å². The summed E-state index contributed by atoms with van der Waals surface area (Å²) in [4.78, 5) is 2.28. The minimum absolute atomic E-state index is 0.148. The Hall–Kier alpha value is -0.900. The van der Waals surface area contributed by atoms with Crippen LogP contribution in [0.3, 0.4) is 0 Å². The van der Waals surface area contributed by atoms with Crippen molar-refractivity contribution >= 4 is 0 Å². The van der Waals surface area contributed by atoms with Crippen molar-refractivity contribution in [3.8, 4) is 0 Å². The largest absolute Gasteiger partial charge is 0.394 e. The van der Waals surface area contributed by atoms with Gasteiger partial charge >= 0.3 is 0 Å². The molecule has 0 unspecified atom stereocenters. The second-order valence-electron chi connectivity index (χ2n) is 5.32. The van der Waals surface area contributed by atoms with Gasteiger partial charge in [0.1, 0.15) is 0 Å². The molecule has 0 bridgehead atoms.